The van der Waals surface area contributed by atoms with Crippen LogP contribution in [0.2, 0.25) is 0 Å². The van der Waals surface area contributed by atoms with Crippen molar-refractivity contribution in [3.05, 3.63) is 30.0 Å². The zero-order valence-corrected chi connectivity index (χ0v) is 7.37. The average Bonchev–Trinajstić information content (AvgIpc) is 2.60. The van der Waals surface area contributed by atoms with Crippen molar-refractivity contribution in [1.29, 1.82) is 0 Å². The number of nitrogens with two attached hydrogens (primary N) is 1. The lowest BCUT2D eigenvalue weighted by Gasteiger charge is -2.01. The van der Waals surface area contributed by atoms with Gasteiger partial charge in [0, 0.05) is 0 Å². The molecule has 1 aromatic carbocycles. The Bertz CT molecular complexity index is 488. The van der Waals surface area contributed by atoms with Gasteiger partial charge in [-0.05, 0) is 17.7 Å². The number of hydrogen-bond donors (Lipinski definition) is 2. The normalized spacial score (nSPS) is 10.5. The second-order valence-electron chi connectivity index (χ2n) is 2.89. The molecule has 2 rings (SSSR count). The number of rotatable bonds is 1. The molecular weight excluding hydrogens is 206 g/mol. The molecule has 0 amide bonds. The summed E-state index contributed by atoms with van der Waals surface area (Å²) in [6.07, 6.45) is 1.24. The monoisotopic (exact) mass is 212 g/mol. The van der Waals surface area contributed by atoms with Crippen LogP contribution in [0.4, 0.5) is 14.7 Å². The molecule has 0 fully saturated rings. The molecule has 0 unspecified atom stereocenters. The Hall–Kier alpha value is -2.11. The molecule has 78 valence electrons. The summed E-state index contributed by atoms with van der Waals surface area (Å²) in [7, 11) is 0. The molecule has 0 bridgehead atoms. The number of aromatic hydroxyl groups is 1. The van der Waals surface area contributed by atoms with E-state index in [4.69, 9.17) is 10.8 Å². The van der Waals surface area contributed by atoms with Crippen LogP contribution >= 0.6 is 0 Å². The molecule has 4 nitrogen and oxygen atoms in total. The molecule has 0 atom stereocenters. The minimum Gasteiger partial charge on any atom is -0.503 e. The molecule has 2 aromatic rings. The van der Waals surface area contributed by atoms with Gasteiger partial charge in [-0.25, -0.2) is 8.78 Å². The molecule has 0 radical (unpaired) electrons. The van der Waals surface area contributed by atoms with Gasteiger partial charge < -0.3 is 15.4 Å². The maximum Gasteiger partial charge on any atom is 0.229 e. The summed E-state index contributed by atoms with van der Waals surface area (Å²) < 4.78 is 30.5. The van der Waals surface area contributed by atoms with Crippen LogP contribution in [0.3, 0.4) is 0 Å². The lowest BCUT2D eigenvalue weighted by Crippen LogP contribution is -1.88. The van der Waals surface area contributed by atoms with E-state index in [9.17, 15) is 8.78 Å². The molecule has 1 heterocycles. The summed E-state index contributed by atoms with van der Waals surface area (Å²) >= 11 is 0. The number of hydrogen-bond acceptors (Lipinski definition) is 4. The third kappa shape index (κ3) is 1.50. The van der Waals surface area contributed by atoms with Crippen LogP contribution in [0.25, 0.3) is 11.1 Å². The Balaban J connectivity index is 2.60. The maximum atomic E-state index is 13.0. The Morgan fingerprint density at radius 1 is 1.27 bits per heavy atom. The first-order chi connectivity index (χ1) is 7.09. The highest BCUT2D eigenvalue weighted by atomic mass is 19.1. The van der Waals surface area contributed by atoms with Gasteiger partial charge in [0.15, 0.2) is 17.4 Å². The van der Waals surface area contributed by atoms with Crippen LogP contribution < -0.4 is 5.73 Å². The lowest BCUT2D eigenvalue weighted by atomic mass is 10.1. The van der Waals surface area contributed by atoms with Crippen molar-refractivity contribution in [3.63, 3.8) is 0 Å². The van der Waals surface area contributed by atoms with Gasteiger partial charge in [-0.1, -0.05) is 5.16 Å². The lowest BCUT2D eigenvalue weighted by molar-refractivity contribution is 0.396. The first-order valence-corrected chi connectivity index (χ1v) is 3.98. The number of benzene rings is 1. The molecule has 0 aliphatic carbocycles. The van der Waals surface area contributed by atoms with E-state index in [2.05, 4.69) is 9.68 Å². The fourth-order valence-electron chi connectivity index (χ4n) is 1.19. The summed E-state index contributed by atoms with van der Waals surface area (Å²) in [6, 6.07) is 1.89. The van der Waals surface area contributed by atoms with Crippen molar-refractivity contribution in [2.24, 2.45) is 0 Å². The van der Waals surface area contributed by atoms with Gasteiger partial charge in [-0.3, -0.25) is 0 Å². The standard InChI is InChI=1S/C9H6F2N2O2/c10-6-1-4(2-7(11)8(6)14)5-3-13-15-9(5)12/h1-3,14H,12H2. The van der Waals surface area contributed by atoms with Crippen LogP contribution in [0.15, 0.2) is 22.9 Å². The van der Waals surface area contributed by atoms with Crippen molar-refractivity contribution in [1.82, 2.24) is 5.16 Å². The van der Waals surface area contributed by atoms with Gasteiger partial charge in [-0.15, -0.1) is 0 Å². The largest absolute Gasteiger partial charge is 0.503 e. The predicted octanol–water partition coefficient (Wildman–Crippen LogP) is 1.91. The van der Waals surface area contributed by atoms with Crippen molar-refractivity contribution in [2.75, 3.05) is 5.73 Å². The van der Waals surface area contributed by atoms with Gasteiger partial charge in [0.25, 0.3) is 0 Å². The van der Waals surface area contributed by atoms with Crippen molar-refractivity contribution >= 4 is 5.88 Å². The molecular formula is C9H6F2N2O2. The van der Waals surface area contributed by atoms with E-state index in [0.29, 0.717) is 0 Å². The van der Waals surface area contributed by atoms with Crippen molar-refractivity contribution in [3.8, 4) is 16.9 Å². The number of phenolic OH excluding ortho intramolecular Hbond substituents is 1. The van der Waals surface area contributed by atoms with E-state index in [0.717, 1.165) is 12.1 Å². The van der Waals surface area contributed by atoms with Crippen LogP contribution in [0.1, 0.15) is 0 Å². The Kier molecular flexibility index (Phi) is 2.03. The molecule has 0 saturated heterocycles. The fourth-order valence-corrected chi connectivity index (χ4v) is 1.19. The second kappa shape index (κ2) is 3.23. The van der Waals surface area contributed by atoms with E-state index in [1.807, 2.05) is 0 Å². The smallest absolute Gasteiger partial charge is 0.229 e. The first-order valence-electron chi connectivity index (χ1n) is 3.98. The van der Waals surface area contributed by atoms with Crippen molar-refractivity contribution < 1.29 is 18.4 Å². The topological polar surface area (TPSA) is 72.3 Å². The Morgan fingerprint density at radius 2 is 1.87 bits per heavy atom. The molecule has 0 aliphatic heterocycles. The van der Waals surface area contributed by atoms with E-state index in [1.54, 1.807) is 0 Å². The Morgan fingerprint density at radius 3 is 2.33 bits per heavy atom. The molecule has 6 heteroatoms. The highest BCUT2D eigenvalue weighted by Crippen LogP contribution is 2.30. The molecule has 3 N–H and O–H groups in total. The van der Waals surface area contributed by atoms with E-state index in [1.165, 1.54) is 6.20 Å². The summed E-state index contributed by atoms with van der Waals surface area (Å²) in [5.41, 5.74) is 5.80. The maximum absolute atomic E-state index is 13.0. The van der Waals surface area contributed by atoms with Gasteiger partial charge in [-0.2, -0.15) is 0 Å². The number of halogens is 2. The van der Waals surface area contributed by atoms with Crippen LogP contribution in [-0.2, 0) is 0 Å². The van der Waals surface area contributed by atoms with E-state index in [-0.39, 0.29) is 17.0 Å². The third-order valence-corrected chi connectivity index (χ3v) is 1.93. The number of nitrogen functional groups attached to an aromatic ring is 1. The number of nitrogens with zero attached hydrogens (tertiary/aromatic N) is 1. The number of aromatic nitrogens is 1. The summed E-state index contributed by atoms with van der Waals surface area (Å²) in [5.74, 6) is -3.19. The van der Waals surface area contributed by atoms with E-state index >= 15 is 0 Å². The molecule has 0 saturated carbocycles. The molecule has 1 aromatic heterocycles. The van der Waals surface area contributed by atoms with Crippen LogP contribution in [-0.4, -0.2) is 10.3 Å². The van der Waals surface area contributed by atoms with Crippen molar-refractivity contribution in [2.45, 2.75) is 0 Å². The number of anilines is 1. The van der Waals surface area contributed by atoms with Gasteiger partial charge in [0.1, 0.15) is 0 Å². The molecule has 0 aliphatic rings. The van der Waals surface area contributed by atoms with Gasteiger partial charge in [0.2, 0.25) is 5.88 Å². The zero-order chi connectivity index (χ0) is 11.0. The highest BCUT2D eigenvalue weighted by Gasteiger charge is 2.14. The predicted molar refractivity (Wildman–Crippen MR) is 47.9 cm³/mol. The van der Waals surface area contributed by atoms with Crippen LogP contribution in [0.5, 0.6) is 5.75 Å². The fraction of sp³-hybridized carbons (Fsp3) is 0. The van der Waals surface area contributed by atoms with Crippen LogP contribution in [0, 0.1) is 11.6 Å². The SMILES string of the molecule is Nc1oncc1-c1cc(F)c(O)c(F)c1. The van der Waals surface area contributed by atoms with E-state index < -0.39 is 17.4 Å². The highest BCUT2D eigenvalue weighted by molar-refractivity contribution is 5.72. The van der Waals surface area contributed by atoms with Gasteiger partial charge >= 0.3 is 0 Å². The Labute approximate surface area is 82.9 Å². The minimum atomic E-state index is -1.06. The summed E-state index contributed by atoms with van der Waals surface area (Å²) in [5, 5.41) is 12.2. The average molecular weight is 212 g/mol. The number of phenols is 1. The minimum absolute atomic E-state index is 0.0421. The van der Waals surface area contributed by atoms with Gasteiger partial charge in [0.05, 0.1) is 11.8 Å². The summed E-state index contributed by atoms with van der Waals surface area (Å²) in [6.45, 7) is 0. The molecule has 0 spiro atoms. The first kappa shape index (κ1) is 9.45. The zero-order valence-electron chi connectivity index (χ0n) is 7.37. The second-order valence-corrected chi connectivity index (χ2v) is 2.89. The third-order valence-electron chi connectivity index (χ3n) is 1.93. The quantitative estimate of drug-likeness (QED) is 0.757. The summed E-state index contributed by atoms with van der Waals surface area (Å²) in [4.78, 5) is 0. The molecule has 15 heavy (non-hydrogen) atoms.